The van der Waals surface area contributed by atoms with Gasteiger partial charge >= 0.3 is 0 Å². The highest BCUT2D eigenvalue weighted by Gasteiger charge is 2.35. The van der Waals surface area contributed by atoms with Gasteiger partial charge in [0.05, 0.1) is 6.04 Å². The van der Waals surface area contributed by atoms with Crippen LogP contribution in [0.4, 0.5) is 0 Å². The molecule has 1 amide bonds. The molecule has 0 aromatic carbocycles. The van der Waals surface area contributed by atoms with Crippen molar-refractivity contribution in [2.75, 3.05) is 13.1 Å². The van der Waals surface area contributed by atoms with E-state index in [9.17, 15) is 4.79 Å². The monoisotopic (exact) mass is 293 g/mol. The molecule has 1 aliphatic carbocycles. The first kappa shape index (κ1) is 14.0. The van der Waals surface area contributed by atoms with Gasteiger partial charge in [0.25, 0.3) is 0 Å². The maximum absolute atomic E-state index is 12.2. The molecule has 5 heteroatoms. The maximum Gasteiger partial charge on any atom is 0.220 e. The molecule has 1 saturated heterocycles. The molecular weight excluding hydrogens is 270 g/mol. The van der Waals surface area contributed by atoms with Gasteiger partial charge in [0.15, 0.2) is 0 Å². The number of amides is 1. The van der Waals surface area contributed by atoms with Crippen molar-refractivity contribution in [3.63, 3.8) is 0 Å². The second kappa shape index (κ2) is 6.22. The molecule has 0 bridgehead atoms. The van der Waals surface area contributed by atoms with Crippen LogP contribution in [0.15, 0.2) is 6.20 Å². The highest BCUT2D eigenvalue weighted by Crippen LogP contribution is 2.42. The third kappa shape index (κ3) is 3.58. The minimum atomic E-state index is 0.155. The van der Waals surface area contributed by atoms with Gasteiger partial charge in [-0.15, -0.1) is 11.3 Å². The molecule has 1 saturated carbocycles. The zero-order valence-corrected chi connectivity index (χ0v) is 12.8. The van der Waals surface area contributed by atoms with Crippen LogP contribution in [0, 0.1) is 18.8 Å². The van der Waals surface area contributed by atoms with Gasteiger partial charge in [0.1, 0.15) is 5.01 Å². The Morgan fingerprint density at radius 2 is 2.40 bits per heavy atom. The molecule has 20 heavy (non-hydrogen) atoms. The van der Waals surface area contributed by atoms with Gasteiger partial charge in [-0.3, -0.25) is 4.79 Å². The largest absolute Gasteiger partial charge is 0.347 e. The lowest BCUT2D eigenvalue weighted by Crippen LogP contribution is -2.30. The third-order valence-electron chi connectivity index (χ3n) is 4.26. The highest BCUT2D eigenvalue weighted by molar-refractivity contribution is 7.11. The standard InChI is InChI=1S/C15H23N3OS/c1-10-8-17-15(20-10)14(12-3-4-12)18-13(19)5-2-11-6-7-16-9-11/h8,11-12,14,16H,2-7,9H2,1H3,(H,18,19). The summed E-state index contributed by atoms with van der Waals surface area (Å²) >= 11 is 1.71. The smallest absolute Gasteiger partial charge is 0.220 e. The van der Waals surface area contributed by atoms with Crippen LogP contribution in [0.3, 0.4) is 0 Å². The summed E-state index contributed by atoms with van der Waals surface area (Å²) in [6.07, 6.45) is 7.22. The zero-order chi connectivity index (χ0) is 13.9. The predicted molar refractivity (Wildman–Crippen MR) is 80.7 cm³/mol. The first-order chi connectivity index (χ1) is 9.72. The summed E-state index contributed by atoms with van der Waals surface area (Å²) in [5.41, 5.74) is 0. The normalized spacial score (nSPS) is 23.8. The molecule has 2 heterocycles. The minimum Gasteiger partial charge on any atom is -0.347 e. The number of nitrogens with zero attached hydrogens (tertiary/aromatic N) is 1. The SMILES string of the molecule is Cc1cnc(C(NC(=O)CCC2CCNC2)C2CC2)s1. The Kier molecular flexibility index (Phi) is 4.36. The number of rotatable bonds is 6. The molecule has 1 aromatic rings. The van der Waals surface area contributed by atoms with Gasteiger partial charge in [0, 0.05) is 17.5 Å². The van der Waals surface area contributed by atoms with E-state index < -0.39 is 0 Å². The van der Waals surface area contributed by atoms with E-state index in [1.807, 2.05) is 6.20 Å². The average molecular weight is 293 g/mol. The van der Waals surface area contributed by atoms with Crippen LogP contribution in [-0.4, -0.2) is 24.0 Å². The number of carbonyl (C=O) groups excluding carboxylic acids is 1. The van der Waals surface area contributed by atoms with Gasteiger partial charge in [-0.05, 0) is 57.5 Å². The number of hydrogen-bond acceptors (Lipinski definition) is 4. The lowest BCUT2D eigenvalue weighted by atomic mass is 10.0. The van der Waals surface area contributed by atoms with E-state index in [0.29, 0.717) is 18.3 Å². The Hall–Kier alpha value is -0.940. The fourth-order valence-electron chi connectivity index (χ4n) is 2.87. The topological polar surface area (TPSA) is 54.0 Å². The molecule has 1 aliphatic heterocycles. The summed E-state index contributed by atoms with van der Waals surface area (Å²) in [4.78, 5) is 17.8. The van der Waals surface area contributed by atoms with E-state index in [2.05, 4.69) is 22.5 Å². The summed E-state index contributed by atoms with van der Waals surface area (Å²) in [5.74, 6) is 1.49. The highest BCUT2D eigenvalue weighted by atomic mass is 32.1. The Morgan fingerprint density at radius 3 is 3.00 bits per heavy atom. The van der Waals surface area contributed by atoms with E-state index in [1.54, 1.807) is 11.3 Å². The first-order valence-electron chi connectivity index (χ1n) is 7.65. The van der Waals surface area contributed by atoms with E-state index in [1.165, 1.54) is 24.1 Å². The number of carbonyl (C=O) groups is 1. The van der Waals surface area contributed by atoms with Crippen molar-refractivity contribution >= 4 is 17.2 Å². The molecule has 2 N–H and O–H groups in total. The van der Waals surface area contributed by atoms with Crippen molar-refractivity contribution in [3.8, 4) is 0 Å². The summed E-state index contributed by atoms with van der Waals surface area (Å²) in [6, 6.07) is 0.155. The van der Waals surface area contributed by atoms with Crippen LogP contribution in [0.25, 0.3) is 0 Å². The van der Waals surface area contributed by atoms with E-state index >= 15 is 0 Å². The van der Waals surface area contributed by atoms with Crippen LogP contribution in [0.2, 0.25) is 0 Å². The summed E-state index contributed by atoms with van der Waals surface area (Å²) < 4.78 is 0. The summed E-state index contributed by atoms with van der Waals surface area (Å²) in [5, 5.41) is 7.66. The number of aryl methyl sites for hydroxylation is 1. The average Bonchev–Trinajstić information content (AvgIpc) is 2.96. The molecule has 2 unspecified atom stereocenters. The molecule has 3 rings (SSSR count). The number of hydrogen-bond donors (Lipinski definition) is 2. The van der Waals surface area contributed by atoms with E-state index in [4.69, 9.17) is 0 Å². The Labute approximate surface area is 124 Å². The number of nitrogens with one attached hydrogen (secondary N) is 2. The molecule has 2 fully saturated rings. The Morgan fingerprint density at radius 1 is 1.55 bits per heavy atom. The van der Waals surface area contributed by atoms with Crippen molar-refractivity contribution in [2.24, 2.45) is 11.8 Å². The predicted octanol–water partition coefficient (Wildman–Crippen LogP) is 2.41. The number of thiazole rings is 1. The molecule has 2 atom stereocenters. The van der Waals surface area contributed by atoms with Gasteiger partial charge in [0.2, 0.25) is 5.91 Å². The third-order valence-corrected chi connectivity index (χ3v) is 5.25. The Bertz CT molecular complexity index is 463. The molecule has 0 spiro atoms. The Balaban J connectivity index is 1.52. The summed E-state index contributed by atoms with van der Waals surface area (Å²) in [7, 11) is 0. The quantitative estimate of drug-likeness (QED) is 0.847. The second-order valence-electron chi connectivity index (χ2n) is 6.09. The van der Waals surface area contributed by atoms with Gasteiger partial charge in [-0.25, -0.2) is 4.98 Å². The van der Waals surface area contributed by atoms with Crippen LogP contribution in [-0.2, 0) is 4.79 Å². The van der Waals surface area contributed by atoms with Gasteiger partial charge in [-0.1, -0.05) is 0 Å². The van der Waals surface area contributed by atoms with Crippen LogP contribution in [0.1, 0.15) is 48.0 Å². The number of aromatic nitrogens is 1. The van der Waals surface area contributed by atoms with Crippen LogP contribution < -0.4 is 10.6 Å². The maximum atomic E-state index is 12.2. The lowest BCUT2D eigenvalue weighted by Gasteiger charge is -2.16. The van der Waals surface area contributed by atoms with Crippen molar-refractivity contribution in [1.82, 2.24) is 15.6 Å². The van der Waals surface area contributed by atoms with Crippen molar-refractivity contribution in [2.45, 2.75) is 45.1 Å². The molecule has 0 radical (unpaired) electrons. The van der Waals surface area contributed by atoms with Crippen molar-refractivity contribution < 1.29 is 4.79 Å². The molecular formula is C15H23N3OS. The fraction of sp³-hybridized carbons (Fsp3) is 0.733. The molecule has 2 aliphatic rings. The minimum absolute atomic E-state index is 0.155. The van der Waals surface area contributed by atoms with E-state index in [0.717, 1.165) is 24.5 Å². The fourth-order valence-corrected chi connectivity index (χ4v) is 3.79. The van der Waals surface area contributed by atoms with E-state index in [-0.39, 0.29) is 11.9 Å². The van der Waals surface area contributed by atoms with Crippen molar-refractivity contribution in [3.05, 3.63) is 16.1 Å². The summed E-state index contributed by atoms with van der Waals surface area (Å²) in [6.45, 7) is 4.25. The molecule has 1 aromatic heterocycles. The van der Waals surface area contributed by atoms with Gasteiger partial charge in [-0.2, -0.15) is 0 Å². The van der Waals surface area contributed by atoms with Crippen LogP contribution in [0.5, 0.6) is 0 Å². The van der Waals surface area contributed by atoms with Crippen LogP contribution >= 0.6 is 11.3 Å². The van der Waals surface area contributed by atoms with Gasteiger partial charge < -0.3 is 10.6 Å². The first-order valence-corrected chi connectivity index (χ1v) is 8.46. The van der Waals surface area contributed by atoms with Crippen molar-refractivity contribution in [1.29, 1.82) is 0 Å². The second-order valence-corrected chi connectivity index (χ2v) is 7.36. The molecule has 110 valence electrons. The lowest BCUT2D eigenvalue weighted by molar-refractivity contribution is -0.122. The zero-order valence-electron chi connectivity index (χ0n) is 12.0. The molecule has 4 nitrogen and oxygen atoms in total.